The minimum absolute atomic E-state index is 0.164. The van der Waals surface area contributed by atoms with Crippen LogP contribution in [-0.2, 0) is 14.3 Å². The molecule has 1 aliphatic heterocycles. The van der Waals surface area contributed by atoms with Gasteiger partial charge in [-0.05, 0) is 38.5 Å². The summed E-state index contributed by atoms with van der Waals surface area (Å²) in [6.07, 6.45) is 0. The lowest BCUT2D eigenvalue weighted by Crippen LogP contribution is -2.48. The Hall–Kier alpha value is -2.31. The standard InChI is InChI=1S/C21H24N2O3S/c1-21(2,3)26-17(24)13-23-15-11-7-8-12-16(15)27-19(18(22)20(23)25)14-9-5-4-6-10-14/h4-12,18-19H,13,22H2,1-3H3. The molecule has 142 valence electrons. The maximum absolute atomic E-state index is 13.2. The number of carbonyl (C=O) groups is 2. The predicted molar refractivity (Wildman–Crippen MR) is 108 cm³/mol. The highest BCUT2D eigenvalue weighted by atomic mass is 32.2. The molecule has 5 nitrogen and oxygen atoms in total. The highest BCUT2D eigenvalue weighted by Gasteiger charge is 2.37. The molecule has 1 aliphatic rings. The number of carbonyl (C=O) groups excluding carboxylic acids is 2. The molecule has 1 amide bonds. The molecule has 0 bridgehead atoms. The van der Waals surface area contributed by atoms with Crippen LogP contribution in [0.4, 0.5) is 5.69 Å². The topological polar surface area (TPSA) is 72.6 Å². The van der Waals surface area contributed by atoms with Crippen LogP contribution in [0.3, 0.4) is 0 Å². The molecule has 1 heterocycles. The average Bonchev–Trinajstić information content (AvgIpc) is 2.72. The van der Waals surface area contributed by atoms with E-state index < -0.39 is 17.6 Å². The highest BCUT2D eigenvalue weighted by molar-refractivity contribution is 7.99. The van der Waals surface area contributed by atoms with E-state index in [0.29, 0.717) is 5.69 Å². The molecule has 2 atom stereocenters. The number of fused-ring (bicyclic) bond motifs is 1. The van der Waals surface area contributed by atoms with Gasteiger partial charge in [-0.1, -0.05) is 42.5 Å². The number of nitrogens with zero attached hydrogens (tertiary/aromatic N) is 1. The number of esters is 1. The zero-order valence-electron chi connectivity index (χ0n) is 15.7. The van der Waals surface area contributed by atoms with Crippen LogP contribution in [0, 0.1) is 0 Å². The molecule has 2 aromatic rings. The molecule has 6 heteroatoms. The number of rotatable bonds is 3. The van der Waals surface area contributed by atoms with Gasteiger partial charge in [0, 0.05) is 4.90 Å². The van der Waals surface area contributed by atoms with Gasteiger partial charge in [0.2, 0.25) is 5.91 Å². The van der Waals surface area contributed by atoms with Gasteiger partial charge in [0.1, 0.15) is 18.2 Å². The van der Waals surface area contributed by atoms with Gasteiger partial charge in [0.15, 0.2) is 0 Å². The fourth-order valence-electron chi connectivity index (χ4n) is 3.00. The predicted octanol–water partition coefficient (Wildman–Crippen LogP) is 3.54. The number of hydrogen-bond donors (Lipinski definition) is 1. The van der Waals surface area contributed by atoms with Gasteiger partial charge in [-0.25, -0.2) is 0 Å². The quantitative estimate of drug-likeness (QED) is 0.820. The number of para-hydroxylation sites is 1. The van der Waals surface area contributed by atoms with Gasteiger partial charge in [-0.3, -0.25) is 14.5 Å². The second kappa shape index (κ2) is 7.74. The molecule has 2 aromatic carbocycles. The highest BCUT2D eigenvalue weighted by Crippen LogP contribution is 2.44. The van der Waals surface area contributed by atoms with Crippen molar-refractivity contribution in [2.75, 3.05) is 11.4 Å². The third kappa shape index (κ3) is 4.51. The van der Waals surface area contributed by atoms with Crippen LogP contribution in [-0.4, -0.2) is 30.1 Å². The van der Waals surface area contributed by atoms with Crippen LogP contribution in [0.25, 0.3) is 0 Å². The molecule has 0 spiro atoms. The molecular formula is C21H24N2O3S. The number of amides is 1. The van der Waals surface area contributed by atoms with E-state index in [1.807, 2.05) is 54.6 Å². The van der Waals surface area contributed by atoms with Crippen molar-refractivity contribution >= 4 is 29.3 Å². The summed E-state index contributed by atoms with van der Waals surface area (Å²) in [6.45, 7) is 5.24. The van der Waals surface area contributed by atoms with E-state index in [-0.39, 0.29) is 17.7 Å². The first kappa shape index (κ1) is 19.5. The average molecular weight is 385 g/mol. The Balaban J connectivity index is 1.96. The summed E-state index contributed by atoms with van der Waals surface area (Å²) in [5, 5.41) is -0.233. The van der Waals surface area contributed by atoms with Gasteiger partial charge in [-0.2, -0.15) is 0 Å². The maximum Gasteiger partial charge on any atom is 0.326 e. The Morgan fingerprint density at radius 1 is 1.11 bits per heavy atom. The molecule has 27 heavy (non-hydrogen) atoms. The molecule has 2 unspecified atom stereocenters. The molecule has 0 fully saturated rings. The molecule has 3 rings (SSSR count). The molecule has 0 aromatic heterocycles. The van der Waals surface area contributed by atoms with E-state index in [0.717, 1.165) is 10.5 Å². The van der Waals surface area contributed by atoms with Crippen molar-refractivity contribution in [2.45, 2.75) is 42.6 Å². The van der Waals surface area contributed by atoms with Crippen molar-refractivity contribution in [1.82, 2.24) is 0 Å². The van der Waals surface area contributed by atoms with Gasteiger partial charge in [0.25, 0.3) is 0 Å². The summed E-state index contributed by atoms with van der Waals surface area (Å²) in [6, 6.07) is 16.5. The van der Waals surface area contributed by atoms with E-state index >= 15 is 0 Å². The fraction of sp³-hybridized carbons (Fsp3) is 0.333. The summed E-state index contributed by atoms with van der Waals surface area (Å²) in [5.41, 5.74) is 7.42. The third-order valence-corrected chi connectivity index (χ3v) is 5.54. The van der Waals surface area contributed by atoms with E-state index in [1.165, 1.54) is 4.90 Å². The summed E-state index contributed by atoms with van der Waals surface area (Å²) < 4.78 is 5.41. The van der Waals surface area contributed by atoms with Gasteiger partial charge in [0.05, 0.1) is 10.9 Å². The smallest absolute Gasteiger partial charge is 0.326 e. The van der Waals surface area contributed by atoms with Crippen molar-refractivity contribution in [3.05, 3.63) is 60.2 Å². The molecule has 0 aliphatic carbocycles. The van der Waals surface area contributed by atoms with Crippen LogP contribution >= 0.6 is 11.8 Å². The lowest BCUT2D eigenvalue weighted by Gasteiger charge is -2.27. The Bertz CT molecular complexity index is 833. The lowest BCUT2D eigenvalue weighted by atomic mass is 10.0. The molecule has 0 saturated heterocycles. The van der Waals surface area contributed by atoms with Crippen LogP contribution in [0.5, 0.6) is 0 Å². The molecule has 2 N–H and O–H groups in total. The van der Waals surface area contributed by atoms with E-state index in [9.17, 15) is 9.59 Å². The zero-order valence-corrected chi connectivity index (χ0v) is 16.5. The van der Waals surface area contributed by atoms with E-state index in [4.69, 9.17) is 10.5 Å². The second-order valence-corrected chi connectivity index (χ2v) is 8.64. The maximum atomic E-state index is 13.2. The number of nitrogens with two attached hydrogens (primary N) is 1. The Labute approximate surface area is 163 Å². The third-order valence-electron chi connectivity index (χ3n) is 4.12. The van der Waals surface area contributed by atoms with Crippen molar-refractivity contribution < 1.29 is 14.3 Å². The normalized spacial score (nSPS) is 20.0. The summed E-state index contributed by atoms with van der Waals surface area (Å²) in [4.78, 5) is 27.9. The fourth-order valence-corrected chi connectivity index (χ4v) is 4.29. The lowest BCUT2D eigenvalue weighted by molar-refractivity contribution is -0.153. The van der Waals surface area contributed by atoms with Crippen molar-refractivity contribution in [3.63, 3.8) is 0 Å². The van der Waals surface area contributed by atoms with Gasteiger partial charge >= 0.3 is 5.97 Å². The minimum atomic E-state index is -0.771. The molecule has 0 radical (unpaired) electrons. The van der Waals surface area contributed by atoms with Crippen molar-refractivity contribution in [1.29, 1.82) is 0 Å². The van der Waals surface area contributed by atoms with Crippen LogP contribution in [0.1, 0.15) is 31.6 Å². The Morgan fingerprint density at radius 3 is 2.41 bits per heavy atom. The number of ether oxygens (including phenoxy) is 1. The first-order valence-corrected chi connectivity index (χ1v) is 9.74. The van der Waals surface area contributed by atoms with Gasteiger partial charge in [-0.15, -0.1) is 11.8 Å². The largest absolute Gasteiger partial charge is 0.459 e. The monoisotopic (exact) mass is 384 g/mol. The number of thioether (sulfide) groups is 1. The number of benzene rings is 2. The van der Waals surface area contributed by atoms with Crippen LogP contribution < -0.4 is 10.6 Å². The van der Waals surface area contributed by atoms with Crippen LogP contribution in [0.2, 0.25) is 0 Å². The Kier molecular flexibility index (Phi) is 5.58. The summed E-state index contributed by atoms with van der Waals surface area (Å²) in [7, 11) is 0. The minimum Gasteiger partial charge on any atom is -0.459 e. The molecule has 0 saturated carbocycles. The SMILES string of the molecule is CC(C)(C)OC(=O)CN1C(=O)C(N)C(c2ccccc2)Sc2ccccc21. The van der Waals surface area contributed by atoms with E-state index in [2.05, 4.69) is 0 Å². The summed E-state index contributed by atoms with van der Waals surface area (Å²) >= 11 is 1.55. The second-order valence-electron chi connectivity index (χ2n) is 7.45. The molecular weight excluding hydrogens is 360 g/mol. The number of anilines is 1. The Morgan fingerprint density at radius 2 is 1.74 bits per heavy atom. The van der Waals surface area contributed by atoms with Crippen molar-refractivity contribution in [2.24, 2.45) is 5.73 Å². The van der Waals surface area contributed by atoms with E-state index in [1.54, 1.807) is 32.5 Å². The summed E-state index contributed by atoms with van der Waals surface area (Å²) in [5.74, 6) is -0.742. The zero-order chi connectivity index (χ0) is 19.6. The first-order valence-electron chi connectivity index (χ1n) is 8.86. The van der Waals surface area contributed by atoms with Crippen molar-refractivity contribution in [3.8, 4) is 0 Å². The first-order chi connectivity index (χ1) is 12.8. The number of hydrogen-bond acceptors (Lipinski definition) is 5. The van der Waals surface area contributed by atoms with Gasteiger partial charge < -0.3 is 10.5 Å². The van der Waals surface area contributed by atoms with Crippen LogP contribution in [0.15, 0.2) is 59.5 Å².